The van der Waals surface area contributed by atoms with Gasteiger partial charge in [0.15, 0.2) is 0 Å². The van der Waals surface area contributed by atoms with Crippen LogP contribution in [0.25, 0.3) is 6.08 Å². The molecule has 0 saturated heterocycles. The fraction of sp³-hybridized carbons (Fsp3) is 0.182. The maximum atomic E-state index is 12.9. The van der Waals surface area contributed by atoms with E-state index < -0.39 is 11.8 Å². The zero-order valence-corrected chi connectivity index (χ0v) is 9.29. The van der Waals surface area contributed by atoms with Crippen LogP contribution >= 0.6 is 11.6 Å². The number of methoxy groups -OCH3 is 1. The van der Waals surface area contributed by atoms with E-state index in [1.807, 2.05) is 0 Å². The van der Waals surface area contributed by atoms with Crippen molar-refractivity contribution in [2.24, 2.45) is 0 Å². The van der Waals surface area contributed by atoms with Crippen LogP contribution < -0.4 is 0 Å². The minimum Gasteiger partial charge on any atom is -0.506 e. The Labute approximate surface area is 97.1 Å². The van der Waals surface area contributed by atoms with Crippen molar-refractivity contribution in [3.05, 3.63) is 34.6 Å². The van der Waals surface area contributed by atoms with Gasteiger partial charge < -0.3 is 9.84 Å². The van der Waals surface area contributed by atoms with Gasteiger partial charge in [0.2, 0.25) is 0 Å². The Bertz CT molecular complexity index is 429. The number of aromatic hydroxyl groups is 1. The Kier molecular flexibility index (Phi) is 4.31. The summed E-state index contributed by atoms with van der Waals surface area (Å²) < 4.78 is 17.4. The lowest BCUT2D eigenvalue weighted by atomic mass is 10.1. The highest BCUT2D eigenvalue weighted by Gasteiger charge is 2.06. The summed E-state index contributed by atoms with van der Waals surface area (Å²) >= 11 is 5.57. The Morgan fingerprint density at radius 1 is 1.62 bits per heavy atom. The highest BCUT2D eigenvalue weighted by atomic mass is 35.5. The first-order chi connectivity index (χ1) is 7.54. The number of benzene rings is 1. The summed E-state index contributed by atoms with van der Waals surface area (Å²) in [5.74, 6) is -1.19. The first-order valence-electron chi connectivity index (χ1n) is 4.46. The molecule has 0 unspecified atom stereocenters. The molecule has 0 saturated carbocycles. The zero-order chi connectivity index (χ0) is 12.1. The van der Waals surface area contributed by atoms with E-state index in [1.165, 1.54) is 19.3 Å². The molecule has 0 amide bonds. The third kappa shape index (κ3) is 3.24. The minimum atomic E-state index is -0.555. The summed E-state index contributed by atoms with van der Waals surface area (Å²) in [4.78, 5) is 10.8. The molecule has 3 nitrogen and oxygen atoms in total. The third-order valence-electron chi connectivity index (χ3n) is 1.87. The molecule has 0 fully saturated rings. The second-order valence-electron chi connectivity index (χ2n) is 3.01. The summed E-state index contributed by atoms with van der Waals surface area (Å²) in [6.45, 7) is 0. The van der Waals surface area contributed by atoms with Crippen LogP contribution in [0.3, 0.4) is 0 Å². The molecule has 0 aliphatic carbocycles. The van der Waals surface area contributed by atoms with Crippen molar-refractivity contribution in [2.45, 2.75) is 6.42 Å². The second-order valence-corrected chi connectivity index (χ2v) is 3.42. The summed E-state index contributed by atoms with van der Waals surface area (Å²) in [5, 5.41) is 9.41. The molecule has 1 rings (SSSR count). The van der Waals surface area contributed by atoms with Crippen LogP contribution in [0.4, 0.5) is 4.39 Å². The number of hydrogen-bond acceptors (Lipinski definition) is 3. The van der Waals surface area contributed by atoms with Crippen molar-refractivity contribution in [2.75, 3.05) is 7.11 Å². The van der Waals surface area contributed by atoms with Gasteiger partial charge >= 0.3 is 5.97 Å². The van der Waals surface area contributed by atoms with E-state index in [9.17, 15) is 14.3 Å². The van der Waals surface area contributed by atoms with Gasteiger partial charge in [0.05, 0.1) is 18.6 Å². The normalized spacial score (nSPS) is 10.7. The lowest BCUT2D eigenvalue weighted by Gasteiger charge is -2.01. The molecule has 1 N–H and O–H groups in total. The predicted octanol–water partition coefficient (Wildman–Crippen LogP) is 2.76. The molecular formula is C11H10ClFO3. The van der Waals surface area contributed by atoms with Gasteiger partial charge in [-0.25, -0.2) is 4.39 Å². The molecule has 0 aliphatic rings. The van der Waals surface area contributed by atoms with Gasteiger partial charge in [0.1, 0.15) is 11.6 Å². The minimum absolute atomic E-state index is 0.0457. The molecule has 0 atom stereocenters. The number of phenolic OH excluding ortho intramolecular Hbond substituents is 1. The molecule has 5 heteroatoms. The van der Waals surface area contributed by atoms with Crippen LogP contribution in [0.5, 0.6) is 5.75 Å². The number of halogens is 2. The van der Waals surface area contributed by atoms with E-state index in [0.717, 1.165) is 12.1 Å². The van der Waals surface area contributed by atoms with E-state index in [0.29, 0.717) is 0 Å². The van der Waals surface area contributed by atoms with Gasteiger partial charge in [-0.1, -0.05) is 23.8 Å². The van der Waals surface area contributed by atoms with Crippen LogP contribution in [0, 0.1) is 5.82 Å². The standard InChI is InChI=1S/C11H10ClFO3/c1-16-10(14)4-2-3-7-5-8(13)6-9(12)11(7)15/h2-3,5-6,15H,4H2,1H3. The lowest BCUT2D eigenvalue weighted by Crippen LogP contribution is -1.96. The molecule has 1 aromatic carbocycles. The highest BCUT2D eigenvalue weighted by Crippen LogP contribution is 2.29. The number of rotatable bonds is 3. The maximum absolute atomic E-state index is 12.9. The predicted molar refractivity (Wildman–Crippen MR) is 58.7 cm³/mol. The topological polar surface area (TPSA) is 46.5 Å². The van der Waals surface area contributed by atoms with Crippen LogP contribution in [0.2, 0.25) is 5.02 Å². The van der Waals surface area contributed by atoms with Crippen molar-refractivity contribution in [3.63, 3.8) is 0 Å². The summed E-state index contributed by atoms with van der Waals surface area (Å²) in [5.41, 5.74) is 0.217. The van der Waals surface area contributed by atoms with E-state index in [-0.39, 0.29) is 22.8 Å². The van der Waals surface area contributed by atoms with Crippen molar-refractivity contribution in [3.8, 4) is 5.75 Å². The summed E-state index contributed by atoms with van der Waals surface area (Å²) in [6, 6.07) is 2.13. The average molecular weight is 245 g/mol. The van der Waals surface area contributed by atoms with Gasteiger partial charge in [0, 0.05) is 5.56 Å². The van der Waals surface area contributed by atoms with Gasteiger partial charge in [-0.2, -0.15) is 0 Å². The van der Waals surface area contributed by atoms with E-state index >= 15 is 0 Å². The maximum Gasteiger partial charge on any atom is 0.309 e. The van der Waals surface area contributed by atoms with Crippen LogP contribution in [0.15, 0.2) is 18.2 Å². The lowest BCUT2D eigenvalue weighted by molar-refractivity contribution is -0.139. The number of hydrogen-bond donors (Lipinski definition) is 1. The fourth-order valence-electron chi connectivity index (χ4n) is 1.08. The molecule has 0 aromatic heterocycles. The quantitative estimate of drug-likeness (QED) is 0.832. The van der Waals surface area contributed by atoms with E-state index in [1.54, 1.807) is 0 Å². The van der Waals surface area contributed by atoms with Gasteiger partial charge in [0.25, 0.3) is 0 Å². The molecular weight excluding hydrogens is 235 g/mol. The SMILES string of the molecule is COC(=O)CC=Cc1cc(F)cc(Cl)c1O. The monoisotopic (exact) mass is 244 g/mol. The Balaban J connectivity index is 2.85. The molecule has 0 aliphatic heterocycles. The van der Waals surface area contributed by atoms with Gasteiger partial charge in [-0.05, 0) is 12.1 Å². The highest BCUT2D eigenvalue weighted by molar-refractivity contribution is 6.32. The molecule has 0 heterocycles. The first kappa shape index (κ1) is 12.5. The van der Waals surface area contributed by atoms with Crippen molar-refractivity contribution in [1.29, 1.82) is 0 Å². The van der Waals surface area contributed by atoms with Gasteiger partial charge in [-0.3, -0.25) is 4.79 Å². The molecule has 1 aromatic rings. The number of ether oxygens (including phenoxy) is 1. The number of phenols is 1. The Hall–Kier alpha value is -1.55. The largest absolute Gasteiger partial charge is 0.506 e. The summed E-state index contributed by atoms with van der Waals surface area (Å²) in [6.07, 6.45) is 2.90. The molecule has 0 radical (unpaired) electrons. The fourth-order valence-corrected chi connectivity index (χ4v) is 1.29. The third-order valence-corrected chi connectivity index (χ3v) is 2.16. The first-order valence-corrected chi connectivity index (χ1v) is 4.83. The molecule has 0 spiro atoms. The Morgan fingerprint density at radius 3 is 2.94 bits per heavy atom. The molecule has 16 heavy (non-hydrogen) atoms. The zero-order valence-electron chi connectivity index (χ0n) is 8.54. The van der Waals surface area contributed by atoms with Crippen LogP contribution in [-0.4, -0.2) is 18.2 Å². The molecule has 0 bridgehead atoms. The smallest absolute Gasteiger partial charge is 0.309 e. The summed E-state index contributed by atoms with van der Waals surface area (Å²) in [7, 11) is 1.27. The number of esters is 1. The van der Waals surface area contributed by atoms with Crippen molar-refractivity contribution in [1.82, 2.24) is 0 Å². The van der Waals surface area contributed by atoms with Crippen LogP contribution in [-0.2, 0) is 9.53 Å². The average Bonchev–Trinajstić information content (AvgIpc) is 2.24. The Morgan fingerprint density at radius 2 is 2.31 bits per heavy atom. The van der Waals surface area contributed by atoms with E-state index in [2.05, 4.69) is 4.74 Å². The van der Waals surface area contributed by atoms with Gasteiger partial charge in [-0.15, -0.1) is 0 Å². The number of carbonyl (C=O) groups excluding carboxylic acids is 1. The van der Waals surface area contributed by atoms with Crippen molar-refractivity contribution >= 4 is 23.6 Å². The van der Waals surface area contributed by atoms with E-state index in [4.69, 9.17) is 11.6 Å². The second kappa shape index (κ2) is 5.51. The molecule has 86 valence electrons. The van der Waals surface area contributed by atoms with Crippen LogP contribution in [0.1, 0.15) is 12.0 Å². The van der Waals surface area contributed by atoms with Crippen molar-refractivity contribution < 1.29 is 19.0 Å². The number of carbonyl (C=O) groups is 1.